The summed E-state index contributed by atoms with van der Waals surface area (Å²) in [6.07, 6.45) is 5.99. The Kier molecular flexibility index (Phi) is 10.6. The van der Waals surface area contributed by atoms with Crippen molar-refractivity contribution in [1.29, 1.82) is 0 Å². The molecule has 1 heterocycles. The lowest BCUT2D eigenvalue weighted by atomic mass is 9.87. The third kappa shape index (κ3) is 7.13. The van der Waals surface area contributed by atoms with Gasteiger partial charge in [0, 0.05) is 18.3 Å². The molecule has 0 aliphatic carbocycles. The van der Waals surface area contributed by atoms with E-state index in [0.717, 1.165) is 49.1 Å². The van der Waals surface area contributed by atoms with Crippen LogP contribution in [0.3, 0.4) is 0 Å². The summed E-state index contributed by atoms with van der Waals surface area (Å²) < 4.78 is 36.9. The molecule has 3 rings (SSSR count). The number of carbonyl (C=O) groups is 1. The average molecular weight is 553 g/mol. The quantitative estimate of drug-likeness (QED) is 0.180. The summed E-state index contributed by atoms with van der Waals surface area (Å²) in [5.74, 6) is -0.433. The fourth-order valence-electron chi connectivity index (χ4n) is 4.65. The summed E-state index contributed by atoms with van der Waals surface area (Å²) in [6, 6.07) is 13.5. The number of aliphatic hydroxyl groups is 1. The highest BCUT2D eigenvalue weighted by Crippen LogP contribution is 2.57. The van der Waals surface area contributed by atoms with Crippen molar-refractivity contribution in [2.24, 2.45) is 0 Å². The molecule has 0 saturated carbocycles. The molecule has 37 heavy (non-hydrogen) atoms. The highest BCUT2D eigenvalue weighted by atomic mass is 32.3. The molecule has 0 bridgehead atoms. The molecule has 1 aliphatic rings. The zero-order chi connectivity index (χ0) is 27.1. The SMILES string of the molecule is CCCCC1(CCCC)CN(c2ccccc2)c2cc(SC)c(OCC(O)C(=O)OC)cc2S(O)(O)N1. The van der Waals surface area contributed by atoms with Crippen molar-refractivity contribution in [3.8, 4) is 5.75 Å². The van der Waals surface area contributed by atoms with E-state index in [2.05, 4.69) is 28.2 Å². The normalized spacial score (nSPS) is 17.9. The average Bonchev–Trinajstić information content (AvgIpc) is 3.00. The van der Waals surface area contributed by atoms with E-state index in [1.54, 1.807) is 6.07 Å². The Morgan fingerprint density at radius 2 is 1.81 bits per heavy atom. The largest absolute Gasteiger partial charge is 0.489 e. The molecule has 8 nitrogen and oxygen atoms in total. The van der Waals surface area contributed by atoms with Gasteiger partial charge in [-0.25, -0.2) is 9.52 Å². The summed E-state index contributed by atoms with van der Waals surface area (Å²) in [4.78, 5) is 14.9. The van der Waals surface area contributed by atoms with Crippen molar-refractivity contribution in [1.82, 2.24) is 4.72 Å². The summed E-state index contributed by atoms with van der Waals surface area (Å²) in [7, 11) is -2.23. The van der Waals surface area contributed by atoms with Gasteiger partial charge in [-0.3, -0.25) is 9.11 Å². The Labute approximate surface area is 226 Å². The Hall–Kier alpha value is -1.95. The topological polar surface area (TPSA) is 111 Å². The molecule has 1 aliphatic heterocycles. The molecule has 0 radical (unpaired) electrons. The van der Waals surface area contributed by atoms with Gasteiger partial charge in [0.05, 0.1) is 23.2 Å². The predicted octanol–water partition coefficient (Wildman–Crippen LogP) is 6.21. The van der Waals surface area contributed by atoms with Crippen LogP contribution in [0.25, 0.3) is 0 Å². The van der Waals surface area contributed by atoms with Gasteiger partial charge < -0.3 is 19.5 Å². The van der Waals surface area contributed by atoms with Gasteiger partial charge in [-0.05, 0) is 37.3 Å². The lowest BCUT2D eigenvalue weighted by molar-refractivity contribution is -0.151. The molecule has 0 aromatic heterocycles. The van der Waals surface area contributed by atoms with Crippen LogP contribution in [0.2, 0.25) is 0 Å². The van der Waals surface area contributed by atoms with Crippen molar-refractivity contribution in [2.75, 3.05) is 31.4 Å². The number of nitrogens with zero attached hydrogens (tertiary/aromatic N) is 1. The first kappa shape index (κ1) is 29.6. The smallest absolute Gasteiger partial charge is 0.338 e. The highest BCUT2D eigenvalue weighted by Gasteiger charge is 2.42. The minimum absolute atomic E-state index is 0.315. The van der Waals surface area contributed by atoms with Crippen molar-refractivity contribution in [3.05, 3.63) is 42.5 Å². The van der Waals surface area contributed by atoms with E-state index in [-0.39, 0.29) is 6.61 Å². The first-order valence-electron chi connectivity index (χ1n) is 12.7. The van der Waals surface area contributed by atoms with E-state index in [9.17, 15) is 19.0 Å². The van der Waals surface area contributed by atoms with Crippen molar-refractivity contribution in [3.63, 3.8) is 0 Å². The zero-order valence-corrected chi connectivity index (χ0v) is 23.7. The number of para-hydroxylation sites is 1. The number of hydrogen-bond donors (Lipinski definition) is 4. The number of unbranched alkanes of at least 4 members (excludes halogenated alkanes) is 2. The molecule has 1 unspecified atom stereocenters. The summed E-state index contributed by atoms with van der Waals surface area (Å²) in [5.41, 5.74) is 1.14. The number of hydrogen-bond acceptors (Lipinski definition) is 9. The highest BCUT2D eigenvalue weighted by molar-refractivity contribution is 8.22. The number of ether oxygens (including phenoxy) is 2. The number of fused-ring (bicyclic) bond motifs is 1. The maximum Gasteiger partial charge on any atom is 0.338 e. The summed E-state index contributed by atoms with van der Waals surface area (Å²) in [6.45, 7) is 4.55. The van der Waals surface area contributed by atoms with E-state index in [4.69, 9.17) is 4.74 Å². The van der Waals surface area contributed by atoms with Gasteiger partial charge in [-0.1, -0.05) is 57.7 Å². The molecule has 10 heteroatoms. The van der Waals surface area contributed by atoms with E-state index >= 15 is 0 Å². The van der Waals surface area contributed by atoms with Crippen molar-refractivity contribution < 1.29 is 28.5 Å². The van der Waals surface area contributed by atoms with E-state index < -0.39 is 28.4 Å². The van der Waals surface area contributed by atoms with Crippen LogP contribution in [0.5, 0.6) is 5.75 Å². The number of benzene rings is 2. The second-order valence-corrected chi connectivity index (χ2v) is 12.0. The van der Waals surface area contributed by atoms with Gasteiger partial charge in [0.1, 0.15) is 17.3 Å². The summed E-state index contributed by atoms with van der Waals surface area (Å²) >= 11 is 1.44. The molecule has 206 valence electrons. The van der Waals surface area contributed by atoms with Gasteiger partial charge in [-0.15, -0.1) is 22.5 Å². The molecule has 0 spiro atoms. The van der Waals surface area contributed by atoms with Crippen LogP contribution in [0.15, 0.2) is 52.3 Å². The van der Waals surface area contributed by atoms with E-state index in [1.807, 2.05) is 42.7 Å². The van der Waals surface area contributed by atoms with Crippen LogP contribution in [-0.2, 0) is 9.53 Å². The van der Waals surface area contributed by atoms with Gasteiger partial charge >= 0.3 is 5.97 Å². The van der Waals surface area contributed by atoms with Gasteiger partial charge in [0.15, 0.2) is 6.10 Å². The first-order valence-corrected chi connectivity index (χ1v) is 15.5. The molecular formula is C27H40N2O6S2. The van der Waals surface area contributed by atoms with E-state index in [1.165, 1.54) is 18.9 Å². The van der Waals surface area contributed by atoms with Crippen LogP contribution in [0.4, 0.5) is 11.4 Å². The Morgan fingerprint density at radius 3 is 2.38 bits per heavy atom. The molecule has 4 N–H and O–H groups in total. The molecule has 2 aromatic rings. The number of esters is 1. The number of thioether (sulfide) groups is 1. The molecule has 2 aromatic carbocycles. The molecule has 0 amide bonds. The zero-order valence-electron chi connectivity index (χ0n) is 22.1. The third-order valence-corrected chi connectivity index (χ3v) is 9.03. The maximum atomic E-state index is 11.7. The fourth-order valence-corrected chi connectivity index (χ4v) is 6.91. The minimum Gasteiger partial charge on any atom is -0.489 e. The van der Waals surface area contributed by atoms with Crippen molar-refractivity contribution in [2.45, 2.75) is 73.8 Å². The lowest BCUT2D eigenvalue weighted by Crippen LogP contribution is -2.51. The number of anilines is 2. The van der Waals surface area contributed by atoms with Crippen LogP contribution in [-0.4, -0.2) is 58.3 Å². The number of carbonyl (C=O) groups excluding carboxylic acids is 1. The second-order valence-electron chi connectivity index (χ2n) is 9.38. The van der Waals surface area contributed by atoms with Crippen LogP contribution >= 0.6 is 22.5 Å². The van der Waals surface area contributed by atoms with Crippen LogP contribution in [0, 0.1) is 0 Å². The minimum atomic E-state index is -3.43. The molecular weight excluding hydrogens is 512 g/mol. The van der Waals surface area contributed by atoms with E-state index in [0.29, 0.717) is 22.9 Å². The Bertz CT molecular complexity index is 1030. The van der Waals surface area contributed by atoms with Gasteiger partial charge in [0.2, 0.25) is 0 Å². The second kappa shape index (κ2) is 13.2. The molecule has 0 saturated heterocycles. The van der Waals surface area contributed by atoms with Gasteiger partial charge in [-0.2, -0.15) is 0 Å². The standard InChI is InChI=1S/C27H40N2O6S2/c1-5-7-14-27(15-8-6-2)19-29(20-12-10-9-11-13-20)21-16-24(36-4)23(17-25(21)37(32,33)28-27)35-18-22(30)26(31)34-3/h9-13,16-17,22,28,30,32-33H,5-8,14-15,18-19H2,1-4H3. The Balaban J connectivity index is 2.15. The maximum absolute atomic E-state index is 11.7. The first-order chi connectivity index (χ1) is 17.7. The third-order valence-electron chi connectivity index (χ3n) is 6.62. The number of aliphatic hydroxyl groups excluding tert-OH is 1. The number of rotatable bonds is 12. The number of methoxy groups -OCH3 is 1. The summed E-state index contributed by atoms with van der Waals surface area (Å²) in [5, 5.41) is 10.0. The Morgan fingerprint density at radius 1 is 1.16 bits per heavy atom. The van der Waals surface area contributed by atoms with Crippen molar-refractivity contribution >= 4 is 39.9 Å². The molecule has 0 fully saturated rings. The lowest BCUT2D eigenvalue weighted by Gasteiger charge is -2.43. The fraction of sp³-hybridized carbons (Fsp3) is 0.519. The van der Waals surface area contributed by atoms with Crippen LogP contribution < -0.4 is 14.4 Å². The molecule has 1 atom stereocenters. The predicted molar refractivity (Wildman–Crippen MR) is 151 cm³/mol. The van der Waals surface area contributed by atoms with Gasteiger partial charge in [0.25, 0.3) is 0 Å². The number of nitrogens with one attached hydrogen (secondary N) is 1. The monoisotopic (exact) mass is 552 g/mol. The van der Waals surface area contributed by atoms with Crippen LogP contribution in [0.1, 0.15) is 52.4 Å².